The number of halogens is 2. The summed E-state index contributed by atoms with van der Waals surface area (Å²) >= 11 is 16.1. The molecule has 0 saturated heterocycles. The number of rotatable bonds is 38. The molecule has 64 heavy (non-hydrogen) atoms. The molecule has 5 aromatic rings. The largest absolute Gasteiger partial charge is 0.140 e. The summed E-state index contributed by atoms with van der Waals surface area (Å²) in [6.07, 6.45) is 47.5. The van der Waals surface area contributed by atoms with Gasteiger partial charge in [-0.3, -0.25) is 0 Å². The van der Waals surface area contributed by atoms with E-state index in [-0.39, 0.29) is 0 Å². The molecule has 0 aliphatic carbocycles. The number of unbranched alkanes of at least 4 members (excludes halogenated alkanes) is 24. The third-order valence-electron chi connectivity index (χ3n) is 14.1. The van der Waals surface area contributed by atoms with Crippen molar-refractivity contribution in [2.45, 2.75) is 246 Å². The van der Waals surface area contributed by atoms with Crippen LogP contribution in [0.3, 0.4) is 0 Å². The zero-order valence-electron chi connectivity index (χ0n) is 41.0. The van der Waals surface area contributed by atoms with Gasteiger partial charge in [0.15, 0.2) is 0 Å². The summed E-state index contributed by atoms with van der Waals surface area (Å²) < 4.78 is 5.37. The predicted octanol–water partition coefficient (Wildman–Crippen LogP) is 24.0. The molecule has 358 valence electrons. The van der Waals surface area contributed by atoms with Crippen molar-refractivity contribution in [2.75, 3.05) is 0 Å². The lowest BCUT2D eigenvalue weighted by atomic mass is 9.91. The lowest BCUT2D eigenvalue weighted by molar-refractivity contribution is 0.402. The van der Waals surface area contributed by atoms with E-state index < -0.39 is 0 Å². The van der Waals surface area contributed by atoms with E-state index in [0.717, 1.165) is 11.8 Å². The topological polar surface area (TPSA) is 0 Å². The van der Waals surface area contributed by atoms with Crippen LogP contribution >= 0.6 is 77.2 Å². The number of hydrogen-bond acceptors (Lipinski definition) is 4. The molecule has 0 aliphatic rings. The zero-order valence-corrected chi connectivity index (χ0v) is 47.5. The molecule has 6 heteroatoms. The molecule has 4 heterocycles. The molecular weight excluding hydrogens is 985 g/mol. The van der Waals surface area contributed by atoms with Crippen LogP contribution in [0.4, 0.5) is 0 Å². The summed E-state index contributed by atoms with van der Waals surface area (Å²) in [6.45, 7) is 9.31. The van der Waals surface area contributed by atoms with Crippen molar-refractivity contribution in [3.05, 3.63) is 53.7 Å². The third-order valence-corrected chi connectivity index (χ3v) is 19.6. The number of benzene rings is 1. The van der Waals surface area contributed by atoms with Crippen molar-refractivity contribution >= 4 is 97.4 Å². The lowest BCUT2D eigenvalue weighted by Crippen LogP contribution is -2.04. The van der Waals surface area contributed by atoms with Gasteiger partial charge in [0, 0.05) is 50.8 Å². The Bertz CT molecular complexity index is 1770. The molecule has 0 saturated carbocycles. The van der Waals surface area contributed by atoms with Crippen LogP contribution in [0, 0.1) is 11.8 Å². The standard InChI is InChI=1S/C58H88Br2S4/c1-5-9-13-17-21-23-27-31-35-45(33-29-25-19-15-11-7-3)41-47-37-39-51(61-47)55-49-43-53(59)64-58(49)56(50-44-54(60)63-57(50)55)52-40-38-48(62-52)42-46(34-30-26-20-16-12-8-4)36-32-28-24-22-18-14-10-6-2/h37-40,43-46H,5-36,41-42H2,1-4H3. The number of thiophene rings is 4. The van der Waals surface area contributed by atoms with Crippen LogP contribution < -0.4 is 0 Å². The summed E-state index contributed by atoms with van der Waals surface area (Å²) in [6, 6.07) is 14.8. The second kappa shape index (κ2) is 32.3. The van der Waals surface area contributed by atoms with Crippen LogP contribution in [-0.2, 0) is 12.8 Å². The van der Waals surface area contributed by atoms with E-state index in [1.165, 1.54) is 267 Å². The zero-order chi connectivity index (χ0) is 45.2. The molecule has 2 atom stereocenters. The van der Waals surface area contributed by atoms with Crippen molar-refractivity contribution in [1.29, 1.82) is 0 Å². The average molecular weight is 1070 g/mol. The second-order valence-electron chi connectivity index (χ2n) is 19.6. The van der Waals surface area contributed by atoms with Gasteiger partial charge in [0.1, 0.15) is 0 Å². The van der Waals surface area contributed by atoms with Crippen LogP contribution in [0.15, 0.2) is 44.0 Å². The fraction of sp³-hybridized carbons (Fsp3) is 0.690. The minimum Gasteiger partial charge on any atom is -0.140 e. The van der Waals surface area contributed by atoms with E-state index in [0.29, 0.717) is 0 Å². The summed E-state index contributed by atoms with van der Waals surface area (Å²) in [5.41, 5.74) is 2.92. The van der Waals surface area contributed by atoms with Crippen molar-refractivity contribution in [2.24, 2.45) is 11.8 Å². The van der Waals surface area contributed by atoms with Crippen LogP contribution in [0.2, 0.25) is 0 Å². The highest BCUT2D eigenvalue weighted by molar-refractivity contribution is 9.11. The van der Waals surface area contributed by atoms with E-state index in [1.807, 2.05) is 22.7 Å². The van der Waals surface area contributed by atoms with Gasteiger partial charge in [0.25, 0.3) is 0 Å². The van der Waals surface area contributed by atoms with Crippen molar-refractivity contribution in [3.8, 4) is 20.9 Å². The van der Waals surface area contributed by atoms with Gasteiger partial charge >= 0.3 is 0 Å². The highest BCUT2D eigenvalue weighted by atomic mass is 79.9. The molecule has 0 fully saturated rings. The molecule has 4 aromatic heterocycles. The Morgan fingerprint density at radius 1 is 0.359 bits per heavy atom. The molecule has 0 radical (unpaired) electrons. The van der Waals surface area contributed by atoms with E-state index in [9.17, 15) is 0 Å². The van der Waals surface area contributed by atoms with E-state index in [2.05, 4.69) is 119 Å². The maximum atomic E-state index is 4.00. The third kappa shape index (κ3) is 18.8. The van der Waals surface area contributed by atoms with Crippen LogP contribution in [0.1, 0.15) is 243 Å². The Balaban J connectivity index is 1.32. The van der Waals surface area contributed by atoms with Gasteiger partial charge in [-0.1, -0.05) is 233 Å². The molecular formula is C58H88Br2S4. The van der Waals surface area contributed by atoms with Gasteiger partial charge in [0.05, 0.1) is 7.57 Å². The van der Waals surface area contributed by atoms with Gasteiger partial charge in [-0.2, -0.15) is 0 Å². The molecule has 2 unspecified atom stereocenters. The van der Waals surface area contributed by atoms with Gasteiger partial charge < -0.3 is 0 Å². The summed E-state index contributed by atoms with van der Waals surface area (Å²) in [7, 11) is 0. The first-order valence-electron chi connectivity index (χ1n) is 27.0. The molecule has 1 aromatic carbocycles. The molecule has 0 bridgehead atoms. The van der Waals surface area contributed by atoms with Crippen LogP contribution in [-0.4, -0.2) is 0 Å². The van der Waals surface area contributed by atoms with Crippen LogP contribution in [0.25, 0.3) is 41.1 Å². The smallest absolute Gasteiger partial charge is 0.0711 e. The lowest BCUT2D eigenvalue weighted by Gasteiger charge is -2.16. The van der Waals surface area contributed by atoms with Crippen molar-refractivity contribution in [3.63, 3.8) is 0 Å². The summed E-state index contributed by atoms with van der Waals surface area (Å²) in [5, 5.41) is 2.85. The predicted molar refractivity (Wildman–Crippen MR) is 304 cm³/mol. The molecule has 0 nitrogen and oxygen atoms in total. The normalized spacial score (nSPS) is 13.0. The summed E-state index contributed by atoms with van der Waals surface area (Å²) in [5.74, 6) is 1.62. The monoisotopic (exact) mass is 1070 g/mol. The van der Waals surface area contributed by atoms with Gasteiger partial charge in [-0.25, -0.2) is 0 Å². The maximum Gasteiger partial charge on any atom is 0.0711 e. The molecule has 0 N–H and O–H groups in total. The average Bonchev–Trinajstić information content (AvgIpc) is 4.11. The quantitative estimate of drug-likeness (QED) is 0.0346. The van der Waals surface area contributed by atoms with Crippen molar-refractivity contribution in [1.82, 2.24) is 0 Å². The Morgan fingerprint density at radius 3 is 0.938 bits per heavy atom. The molecule has 0 spiro atoms. The Kier molecular flexibility index (Phi) is 27.5. The fourth-order valence-electron chi connectivity index (χ4n) is 10.3. The van der Waals surface area contributed by atoms with Crippen LogP contribution in [0.5, 0.6) is 0 Å². The number of fused-ring (bicyclic) bond motifs is 2. The SMILES string of the molecule is CCCCCCCCCCC(CCCCCCCC)Cc1ccc(-c2c3cc(Br)sc3c(-c3ccc(CC(CCCCCCCC)CCCCCCCCCC)s3)c3cc(Br)sc23)s1. The minimum absolute atomic E-state index is 0.810. The first-order valence-corrected chi connectivity index (χ1v) is 31.8. The Hall–Kier alpha value is -0.500. The number of hydrogen-bond donors (Lipinski definition) is 0. The minimum atomic E-state index is 0.810. The fourth-order valence-corrected chi connectivity index (χ4v) is 16.1. The molecule has 0 aliphatic heterocycles. The maximum absolute atomic E-state index is 4.00. The Labute approximate surface area is 426 Å². The van der Waals surface area contributed by atoms with E-state index in [4.69, 9.17) is 0 Å². The van der Waals surface area contributed by atoms with Gasteiger partial charge in [-0.05, 0) is 92.9 Å². The first-order chi connectivity index (χ1) is 31.4. The van der Waals surface area contributed by atoms with Gasteiger partial charge in [0.2, 0.25) is 0 Å². The highest BCUT2D eigenvalue weighted by Gasteiger charge is 2.24. The van der Waals surface area contributed by atoms with Crippen molar-refractivity contribution < 1.29 is 0 Å². The highest BCUT2D eigenvalue weighted by Crippen LogP contribution is 2.53. The molecule has 5 rings (SSSR count). The Morgan fingerprint density at radius 2 is 0.641 bits per heavy atom. The van der Waals surface area contributed by atoms with Gasteiger partial charge in [-0.15, -0.1) is 45.3 Å². The molecule has 0 amide bonds. The summed E-state index contributed by atoms with van der Waals surface area (Å²) in [4.78, 5) is 6.08. The first kappa shape index (κ1) is 54.4. The van der Waals surface area contributed by atoms with E-state index in [1.54, 1.807) is 9.75 Å². The van der Waals surface area contributed by atoms with E-state index >= 15 is 0 Å². The second-order valence-corrected chi connectivity index (χ2v) is 26.8.